The van der Waals surface area contributed by atoms with E-state index >= 15 is 0 Å². The maximum absolute atomic E-state index is 12.5. The minimum absolute atomic E-state index is 0.118. The van der Waals surface area contributed by atoms with Crippen LogP contribution in [0.25, 0.3) is 10.7 Å². The predicted octanol–water partition coefficient (Wildman–Crippen LogP) is 3.94. The summed E-state index contributed by atoms with van der Waals surface area (Å²) in [7, 11) is 0. The van der Waals surface area contributed by atoms with Gasteiger partial charge in [-0.1, -0.05) is 36.4 Å². The smallest absolute Gasteiger partial charge is 0.231 e. The van der Waals surface area contributed by atoms with Gasteiger partial charge in [-0.05, 0) is 24.6 Å². The zero-order chi connectivity index (χ0) is 19.3. The van der Waals surface area contributed by atoms with Crippen molar-refractivity contribution in [2.45, 2.75) is 19.9 Å². The van der Waals surface area contributed by atoms with E-state index in [1.807, 2.05) is 71.6 Å². The Morgan fingerprint density at radius 1 is 1.14 bits per heavy atom. The van der Waals surface area contributed by atoms with E-state index in [0.717, 1.165) is 27.7 Å². The molecular formula is C21H19N5OS. The highest BCUT2D eigenvalue weighted by Gasteiger charge is 2.13. The number of pyridine rings is 1. The number of nitrogens with zero attached hydrogens (tertiary/aromatic N) is 4. The van der Waals surface area contributed by atoms with E-state index in [4.69, 9.17) is 0 Å². The third-order valence-electron chi connectivity index (χ3n) is 4.12. The van der Waals surface area contributed by atoms with E-state index in [1.54, 1.807) is 6.20 Å². The summed E-state index contributed by atoms with van der Waals surface area (Å²) in [6.07, 6.45) is 1.94. The van der Waals surface area contributed by atoms with Crippen LogP contribution in [0.4, 0.5) is 5.82 Å². The molecule has 4 aromatic rings. The molecule has 6 nitrogen and oxygen atoms in total. The number of nitrogens with one attached hydrogen (secondary N) is 1. The number of rotatable bonds is 6. The van der Waals surface area contributed by atoms with Gasteiger partial charge in [0, 0.05) is 17.6 Å². The van der Waals surface area contributed by atoms with Crippen molar-refractivity contribution in [1.82, 2.24) is 19.7 Å². The highest BCUT2D eigenvalue weighted by atomic mass is 32.1. The van der Waals surface area contributed by atoms with Crippen LogP contribution in [0.5, 0.6) is 0 Å². The molecule has 0 saturated carbocycles. The van der Waals surface area contributed by atoms with Crippen LogP contribution in [0, 0.1) is 6.92 Å². The Bertz CT molecular complexity index is 1070. The minimum atomic E-state index is -0.118. The number of benzene rings is 1. The Hall–Kier alpha value is -3.32. The largest absolute Gasteiger partial charge is 0.311 e. The van der Waals surface area contributed by atoms with Gasteiger partial charge in [-0.2, -0.15) is 5.10 Å². The van der Waals surface area contributed by atoms with Crippen molar-refractivity contribution < 1.29 is 4.79 Å². The van der Waals surface area contributed by atoms with Gasteiger partial charge in [0.25, 0.3) is 0 Å². The number of anilines is 1. The summed E-state index contributed by atoms with van der Waals surface area (Å²) in [5, 5.41) is 10.2. The normalized spacial score (nSPS) is 10.8. The molecule has 1 aromatic carbocycles. The summed E-state index contributed by atoms with van der Waals surface area (Å²) >= 11 is 1.49. The first kappa shape index (κ1) is 18.1. The quantitative estimate of drug-likeness (QED) is 0.542. The zero-order valence-corrected chi connectivity index (χ0v) is 16.2. The number of hydrogen-bond donors (Lipinski definition) is 1. The number of hydrogen-bond acceptors (Lipinski definition) is 5. The van der Waals surface area contributed by atoms with Crippen molar-refractivity contribution in [3.05, 3.63) is 83.1 Å². The molecule has 4 rings (SSSR count). The summed E-state index contributed by atoms with van der Waals surface area (Å²) in [4.78, 5) is 21.4. The first-order chi connectivity index (χ1) is 13.7. The van der Waals surface area contributed by atoms with Gasteiger partial charge >= 0.3 is 0 Å². The first-order valence-corrected chi connectivity index (χ1v) is 9.79. The van der Waals surface area contributed by atoms with Crippen LogP contribution in [0.3, 0.4) is 0 Å². The van der Waals surface area contributed by atoms with Gasteiger partial charge in [0.15, 0.2) is 0 Å². The van der Waals surface area contributed by atoms with E-state index in [0.29, 0.717) is 12.4 Å². The highest BCUT2D eigenvalue weighted by molar-refractivity contribution is 7.13. The summed E-state index contributed by atoms with van der Waals surface area (Å²) < 4.78 is 1.81. The molecule has 0 atom stereocenters. The van der Waals surface area contributed by atoms with Crippen LogP contribution in [0.2, 0.25) is 0 Å². The monoisotopic (exact) mass is 389 g/mol. The van der Waals surface area contributed by atoms with E-state index < -0.39 is 0 Å². The number of carbonyl (C=O) groups is 1. The van der Waals surface area contributed by atoms with Gasteiger partial charge in [-0.15, -0.1) is 11.3 Å². The van der Waals surface area contributed by atoms with Crippen molar-refractivity contribution in [1.29, 1.82) is 0 Å². The average Bonchev–Trinajstić information content (AvgIpc) is 3.30. The summed E-state index contributed by atoms with van der Waals surface area (Å²) in [5.74, 6) is 0.568. The molecule has 0 unspecified atom stereocenters. The van der Waals surface area contributed by atoms with Crippen LogP contribution in [-0.2, 0) is 17.8 Å². The molecule has 0 aliphatic carbocycles. The lowest BCUT2D eigenvalue weighted by Gasteiger charge is -2.08. The van der Waals surface area contributed by atoms with Crippen LogP contribution in [0.1, 0.15) is 17.0 Å². The molecule has 28 heavy (non-hydrogen) atoms. The van der Waals surface area contributed by atoms with Gasteiger partial charge in [0.2, 0.25) is 5.91 Å². The Labute approximate surface area is 166 Å². The fraction of sp³-hybridized carbons (Fsp3) is 0.143. The van der Waals surface area contributed by atoms with Crippen LogP contribution in [0.15, 0.2) is 66.2 Å². The molecule has 7 heteroatoms. The second kappa shape index (κ2) is 8.14. The van der Waals surface area contributed by atoms with Crippen molar-refractivity contribution in [2.24, 2.45) is 0 Å². The zero-order valence-electron chi connectivity index (χ0n) is 15.4. The molecule has 0 aliphatic heterocycles. The topological polar surface area (TPSA) is 72.7 Å². The first-order valence-electron chi connectivity index (χ1n) is 8.91. The molecule has 3 heterocycles. The lowest BCUT2D eigenvalue weighted by molar-refractivity contribution is -0.115. The standard InChI is InChI=1S/C21H19N5OS/c1-15-11-19(26(25-15)13-16-7-3-2-4-8-16)24-20(27)12-17-14-28-21(23-17)18-9-5-6-10-22-18/h2-11,14H,12-13H2,1H3,(H,24,27). The van der Waals surface area contributed by atoms with Crippen molar-refractivity contribution in [3.8, 4) is 10.7 Å². The van der Waals surface area contributed by atoms with Crippen LogP contribution >= 0.6 is 11.3 Å². The Kier molecular flexibility index (Phi) is 5.25. The SMILES string of the molecule is Cc1cc(NC(=O)Cc2csc(-c3ccccn3)n2)n(Cc2ccccc2)n1. The Balaban J connectivity index is 1.44. The number of thiazole rings is 1. The summed E-state index contributed by atoms with van der Waals surface area (Å²) in [6, 6.07) is 17.6. The molecule has 0 radical (unpaired) electrons. The molecule has 3 aromatic heterocycles. The van der Waals surface area contributed by atoms with Gasteiger partial charge < -0.3 is 5.32 Å². The van der Waals surface area contributed by atoms with E-state index in [1.165, 1.54) is 11.3 Å². The van der Waals surface area contributed by atoms with E-state index in [2.05, 4.69) is 20.4 Å². The Morgan fingerprint density at radius 2 is 1.96 bits per heavy atom. The molecule has 0 bridgehead atoms. The van der Waals surface area contributed by atoms with Gasteiger partial charge in [0.05, 0.1) is 30.0 Å². The third kappa shape index (κ3) is 4.32. The minimum Gasteiger partial charge on any atom is -0.311 e. The van der Waals surface area contributed by atoms with E-state index in [-0.39, 0.29) is 12.3 Å². The maximum Gasteiger partial charge on any atom is 0.231 e. The molecule has 0 fully saturated rings. The second-order valence-corrected chi connectivity index (χ2v) is 7.26. The summed E-state index contributed by atoms with van der Waals surface area (Å²) in [5.41, 5.74) is 3.53. The third-order valence-corrected chi connectivity index (χ3v) is 5.04. The highest BCUT2D eigenvalue weighted by Crippen LogP contribution is 2.22. The molecule has 0 spiro atoms. The lowest BCUT2D eigenvalue weighted by atomic mass is 10.2. The van der Waals surface area contributed by atoms with Crippen molar-refractivity contribution in [3.63, 3.8) is 0 Å². The maximum atomic E-state index is 12.5. The second-order valence-electron chi connectivity index (χ2n) is 6.40. The number of aryl methyl sites for hydroxylation is 1. The van der Waals surface area contributed by atoms with Crippen LogP contribution in [-0.4, -0.2) is 25.7 Å². The fourth-order valence-electron chi connectivity index (χ4n) is 2.87. The van der Waals surface area contributed by atoms with Crippen molar-refractivity contribution in [2.75, 3.05) is 5.32 Å². The fourth-order valence-corrected chi connectivity index (χ4v) is 3.66. The number of aromatic nitrogens is 4. The summed E-state index contributed by atoms with van der Waals surface area (Å²) in [6.45, 7) is 2.52. The average molecular weight is 389 g/mol. The lowest BCUT2D eigenvalue weighted by Crippen LogP contribution is -2.18. The van der Waals surface area contributed by atoms with Crippen LogP contribution < -0.4 is 5.32 Å². The van der Waals surface area contributed by atoms with Gasteiger partial charge in [-0.25, -0.2) is 9.67 Å². The number of amides is 1. The Morgan fingerprint density at radius 3 is 2.75 bits per heavy atom. The molecule has 1 amide bonds. The van der Waals surface area contributed by atoms with Gasteiger partial charge in [-0.3, -0.25) is 9.78 Å². The molecule has 0 saturated heterocycles. The van der Waals surface area contributed by atoms with Gasteiger partial charge in [0.1, 0.15) is 10.8 Å². The predicted molar refractivity (Wildman–Crippen MR) is 110 cm³/mol. The molecule has 140 valence electrons. The molecular weight excluding hydrogens is 370 g/mol. The number of carbonyl (C=O) groups excluding carboxylic acids is 1. The van der Waals surface area contributed by atoms with E-state index in [9.17, 15) is 4.79 Å². The molecule has 1 N–H and O–H groups in total. The molecule has 0 aliphatic rings. The van der Waals surface area contributed by atoms with Crippen molar-refractivity contribution >= 4 is 23.1 Å².